The maximum Gasteiger partial charge on any atom is 0.321 e. The van der Waals surface area contributed by atoms with Gasteiger partial charge in [0.1, 0.15) is 11.8 Å². The van der Waals surface area contributed by atoms with Crippen LogP contribution < -0.4 is 10.1 Å². The Morgan fingerprint density at radius 1 is 1.12 bits per heavy atom. The summed E-state index contributed by atoms with van der Waals surface area (Å²) in [5.74, 6) is -0.0798. The van der Waals surface area contributed by atoms with Crippen LogP contribution in [0.1, 0.15) is 25.0 Å². The fourth-order valence-corrected chi connectivity index (χ4v) is 3.02. The summed E-state index contributed by atoms with van der Waals surface area (Å²) in [5.41, 5.74) is 2.96. The molecule has 26 heavy (non-hydrogen) atoms. The highest BCUT2D eigenvalue weighted by molar-refractivity contribution is 5.84. The van der Waals surface area contributed by atoms with Gasteiger partial charge in [-0.15, -0.1) is 0 Å². The number of rotatable bonds is 8. The van der Waals surface area contributed by atoms with E-state index in [4.69, 9.17) is 4.74 Å². The number of ether oxygens (including phenoxy) is 1. The number of carboxylic acid groups (broad SMARTS) is 1. The van der Waals surface area contributed by atoms with E-state index in [0.29, 0.717) is 13.0 Å². The highest BCUT2D eigenvalue weighted by Gasteiger charge is 2.20. The number of aromatic amines is 1. The van der Waals surface area contributed by atoms with Crippen LogP contribution in [0.5, 0.6) is 5.75 Å². The second-order valence-corrected chi connectivity index (χ2v) is 6.61. The number of carbonyl (C=O) groups is 1. The average Bonchev–Trinajstić information content (AvgIpc) is 3.02. The predicted molar refractivity (Wildman–Crippen MR) is 102 cm³/mol. The van der Waals surface area contributed by atoms with E-state index in [0.717, 1.165) is 27.8 Å². The van der Waals surface area contributed by atoms with Crippen LogP contribution in [0.4, 0.5) is 0 Å². The van der Waals surface area contributed by atoms with Crippen LogP contribution in [-0.2, 0) is 17.8 Å². The van der Waals surface area contributed by atoms with Crippen LogP contribution in [0, 0.1) is 0 Å². The van der Waals surface area contributed by atoms with Crippen molar-refractivity contribution < 1.29 is 14.6 Å². The maximum absolute atomic E-state index is 11.7. The Hall–Kier alpha value is -2.79. The van der Waals surface area contributed by atoms with Crippen molar-refractivity contribution in [1.82, 2.24) is 10.3 Å². The Balaban J connectivity index is 1.73. The lowest BCUT2D eigenvalue weighted by molar-refractivity contribution is -0.139. The Morgan fingerprint density at radius 3 is 2.62 bits per heavy atom. The molecule has 0 bridgehead atoms. The molecule has 3 aromatic rings. The van der Waals surface area contributed by atoms with Crippen molar-refractivity contribution >= 4 is 16.9 Å². The van der Waals surface area contributed by atoms with Gasteiger partial charge in [-0.05, 0) is 31.5 Å². The average molecular weight is 352 g/mol. The summed E-state index contributed by atoms with van der Waals surface area (Å²) in [6, 6.07) is 14.9. The maximum atomic E-state index is 11.7. The van der Waals surface area contributed by atoms with Gasteiger partial charge in [0.25, 0.3) is 0 Å². The zero-order valence-electron chi connectivity index (χ0n) is 15.0. The summed E-state index contributed by atoms with van der Waals surface area (Å²) in [7, 11) is 0. The number of hydrogen-bond acceptors (Lipinski definition) is 3. The standard InChI is InChI=1S/C21H24N2O3/c1-14(2)26-20-10-6-3-7-15(20)12-23-19(21(24)25)11-16-13-22-18-9-5-4-8-17(16)18/h3-10,13-14,19,22-23H,11-12H2,1-2H3,(H,24,25)/t19-/m0/s1. The lowest BCUT2D eigenvalue weighted by Gasteiger charge is -2.17. The lowest BCUT2D eigenvalue weighted by Crippen LogP contribution is -2.38. The van der Waals surface area contributed by atoms with Gasteiger partial charge >= 0.3 is 5.97 Å². The molecule has 0 saturated heterocycles. The van der Waals surface area contributed by atoms with Gasteiger partial charge in [0, 0.05) is 35.6 Å². The fourth-order valence-electron chi connectivity index (χ4n) is 3.02. The minimum Gasteiger partial charge on any atom is -0.491 e. The third-order valence-electron chi connectivity index (χ3n) is 4.27. The monoisotopic (exact) mass is 352 g/mol. The van der Waals surface area contributed by atoms with Crippen molar-refractivity contribution in [1.29, 1.82) is 0 Å². The fraction of sp³-hybridized carbons (Fsp3) is 0.286. The molecule has 0 aliphatic rings. The van der Waals surface area contributed by atoms with E-state index in [1.807, 2.05) is 68.6 Å². The molecule has 0 spiro atoms. The molecular formula is C21H24N2O3. The van der Waals surface area contributed by atoms with E-state index in [-0.39, 0.29) is 6.10 Å². The molecule has 3 N–H and O–H groups in total. The second kappa shape index (κ2) is 8.06. The van der Waals surface area contributed by atoms with E-state index in [2.05, 4.69) is 10.3 Å². The molecule has 0 fully saturated rings. The second-order valence-electron chi connectivity index (χ2n) is 6.61. The number of fused-ring (bicyclic) bond motifs is 1. The quantitative estimate of drug-likeness (QED) is 0.577. The summed E-state index contributed by atoms with van der Waals surface area (Å²) in [5, 5.41) is 13.9. The zero-order chi connectivity index (χ0) is 18.5. The molecule has 3 rings (SSSR count). The molecule has 1 heterocycles. The molecular weight excluding hydrogens is 328 g/mol. The van der Waals surface area contributed by atoms with E-state index in [9.17, 15) is 9.90 Å². The Bertz CT molecular complexity index is 886. The molecule has 0 amide bonds. The van der Waals surface area contributed by atoms with Crippen molar-refractivity contribution in [2.24, 2.45) is 0 Å². The largest absolute Gasteiger partial charge is 0.491 e. The Morgan fingerprint density at radius 2 is 1.85 bits per heavy atom. The summed E-state index contributed by atoms with van der Waals surface area (Å²) >= 11 is 0. The van der Waals surface area contributed by atoms with Gasteiger partial charge in [0.15, 0.2) is 0 Å². The number of aliphatic carboxylic acids is 1. The number of nitrogens with one attached hydrogen (secondary N) is 2. The van der Waals surface area contributed by atoms with E-state index >= 15 is 0 Å². The van der Waals surface area contributed by atoms with E-state index in [1.54, 1.807) is 0 Å². The first-order valence-electron chi connectivity index (χ1n) is 8.80. The summed E-state index contributed by atoms with van der Waals surface area (Å²) < 4.78 is 5.81. The van der Waals surface area contributed by atoms with Gasteiger partial charge in [-0.3, -0.25) is 10.1 Å². The molecule has 1 atom stereocenters. The molecule has 0 radical (unpaired) electrons. The number of hydrogen-bond donors (Lipinski definition) is 3. The summed E-state index contributed by atoms with van der Waals surface area (Å²) in [4.78, 5) is 14.9. The molecule has 1 aromatic heterocycles. The third kappa shape index (κ3) is 4.24. The van der Waals surface area contributed by atoms with Crippen molar-refractivity contribution in [2.45, 2.75) is 39.0 Å². The summed E-state index contributed by atoms with van der Waals surface area (Å²) in [6.07, 6.45) is 2.36. The number of H-pyrrole nitrogens is 1. The highest BCUT2D eigenvalue weighted by atomic mass is 16.5. The lowest BCUT2D eigenvalue weighted by atomic mass is 10.0. The minimum atomic E-state index is -0.863. The zero-order valence-corrected chi connectivity index (χ0v) is 15.0. The van der Waals surface area contributed by atoms with Crippen LogP contribution in [0.25, 0.3) is 10.9 Å². The van der Waals surface area contributed by atoms with Crippen LogP contribution in [0.15, 0.2) is 54.7 Å². The molecule has 5 nitrogen and oxygen atoms in total. The van der Waals surface area contributed by atoms with Gasteiger partial charge in [0.05, 0.1) is 6.10 Å². The van der Waals surface area contributed by atoms with E-state index in [1.165, 1.54) is 0 Å². The first-order chi connectivity index (χ1) is 12.5. The molecule has 2 aromatic carbocycles. The topological polar surface area (TPSA) is 74.3 Å². The Kier molecular flexibility index (Phi) is 5.58. The van der Waals surface area contributed by atoms with Crippen molar-refractivity contribution in [3.05, 3.63) is 65.9 Å². The molecule has 0 saturated carbocycles. The minimum absolute atomic E-state index is 0.0673. The first kappa shape index (κ1) is 18.0. The molecule has 5 heteroatoms. The van der Waals surface area contributed by atoms with Gasteiger partial charge in [-0.25, -0.2) is 0 Å². The predicted octanol–water partition coefficient (Wildman–Crippen LogP) is 3.74. The molecule has 0 aliphatic carbocycles. The van der Waals surface area contributed by atoms with Crippen LogP contribution >= 0.6 is 0 Å². The van der Waals surface area contributed by atoms with Gasteiger partial charge < -0.3 is 14.8 Å². The molecule has 0 aliphatic heterocycles. The molecule has 0 unspecified atom stereocenters. The number of carboxylic acids is 1. The van der Waals surface area contributed by atoms with E-state index < -0.39 is 12.0 Å². The third-order valence-corrected chi connectivity index (χ3v) is 4.27. The van der Waals surface area contributed by atoms with Gasteiger partial charge in [-0.2, -0.15) is 0 Å². The number of para-hydroxylation sites is 2. The smallest absolute Gasteiger partial charge is 0.321 e. The normalized spacial score (nSPS) is 12.4. The van der Waals surface area contributed by atoms with Gasteiger partial charge in [-0.1, -0.05) is 36.4 Å². The van der Waals surface area contributed by atoms with Crippen LogP contribution in [0.2, 0.25) is 0 Å². The highest BCUT2D eigenvalue weighted by Crippen LogP contribution is 2.21. The molecule has 136 valence electrons. The Labute approximate surface area is 153 Å². The summed E-state index contributed by atoms with van der Waals surface area (Å²) in [6.45, 7) is 4.38. The van der Waals surface area contributed by atoms with Crippen LogP contribution in [0.3, 0.4) is 0 Å². The van der Waals surface area contributed by atoms with Crippen molar-refractivity contribution in [3.63, 3.8) is 0 Å². The SMILES string of the molecule is CC(C)Oc1ccccc1CN[C@@H](Cc1c[nH]c2ccccc12)C(=O)O. The first-order valence-corrected chi connectivity index (χ1v) is 8.80. The van der Waals surface area contributed by atoms with Crippen LogP contribution in [-0.4, -0.2) is 28.2 Å². The number of benzene rings is 2. The van der Waals surface area contributed by atoms with Gasteiger partial charge in [0.2, 0.25) is 0 Å². The number of aromatic nitrogens is 1. The van der Waals surface area contributed by atoms with Crippen molar-refractivity contribution in [3.8, 4) is 5.75 Å². The van der Waals surface area contributed by atoms with Crippen molar-refractivity contribution in [2.75, 3.05) is 0 Å².